The Bertz CT molecular complexity index is 1220. The molecule has 0 aromatic heterocycles. The monoisotopic (exact) mass is 493 g/mol. The third-order valence-electron chi connectivity index (χ3n) is 6.79. The van der Waals surface area contributed by atoms with Crippen LogP contribution in [0.1, 0.15) is 51.2 Å². The molecule has 1 atom stereocenters. The van der Waals surface area contributed by atoms with E-state index in [1.807, 2.05) is 19.1 Å². The van der Waals surface area contributed by atoms with E-state index in [1.54, 1.807) is 37.5 Å². The molecule has 2 aromatic carbocycles. The van der Waals surface area contributed by atoms with Crippen molar-refractivity contribution >= 4 is 46.6 Å². The molecular formula is C27H31N3O4S. The molecule has 35 heavy (non-hydrogen) atoms. The SMILES string of the molecule is CCOc1ccc(N2C(=O)/C(=C\c3cc4c(cc3OC)N(C)C(C)(C)CC4C)C(=O)NC2=S)cc1. The van der Waals surface area contributed by atoms with Crippen molar-refractivity contribution in [2.45, 2.75) is 45.6 Å². The second-order valence-corrected chi connectivity index (χ2v) is 9.90. The quantitative estimate of drug-likeness (QED) is 0.372. The number of amides is 2. The highest BCUT2D eigenvalue weighted by Gasteiger charge is 2.37. The molecule has 0 aliphatic carbocycles. The lowest BCUT2D eigenvalue weighted by Crippen LogP contribution is -2.54. The topological polar surface area (TPSA) is 71.1 Å². The molecule has 7 nitrogen and oxygen atoms in total. The highest BCUT2D eigenvalue weighted by Crippen LogP contribution is 2.45. The number of hydrogen-bond acceptors (Lipinski definition) is 6. The Morgan fingerprint density at radius 1 is 1.20 bits per heavy atom. The van der Waals surface area contributed by atoms with Gasteiger partial charge in [0.05, 0.1) is 19.4 Å². The van der Waals surface area contributed by atoms with Crippen molar-refractivity contribution < 1.29 is 19.1 Å². The van der Waals surface area contributed by atoms with Crippen LogP contribution in [-0.2, 0) is 9.59 Å². The van der Waals surface area contributed by atoms with Crippen LogP contribution >= 0.6 is 12.2 Å². The Morgan fingerprint density at radius 2 is 1.89 bits per heavy atom. The summed E-state index contributed by atoms with van der Waals surface area (Å²) in [6.45, 7) is 9.08. The number of ether oxygens (including phenoxy) is 2. The van der Waals surface area contributed by atoms with Crippen molar-refractivity contribution in [2.24, 2.45) is 0 Å². The highest BCUT2D eigenvalue weighted by molar-refractivity contribution is 7.80. The molecule has 1 fully saturated rings. The van der Waals surface area contributed by atoms with Crippen molar-refractivity contribution in [1.82, 2.24) is 5.32 Å². The van der Waals surface area contributed by atoms with Crippen LogP contribution in [0.25, 0.3) is 6.08 Å². The lowest BCUT2D eigenvalue weighted by atomic mass is 9.79. The maximum atomic E-state index is 13.5. The largest absolute Gasteiger partial charge is 0.496 e. The molecule has 2 aliphatic rings. The normalized spacial score (nSPS) is 20.6. The average Bonchev–Trinajstić information content (AvgIpc) is 2.81. The smallest absolute Gasteiger partial charge is 0.270 e. The van der Waals surface area contributed by atoms with Gasteiger partial charge >= 0.3 is 0 Å². The van der Waals surface area contributed by atoms with Crippen molar-refractivity contribution in [2.75, 3.05) is 30.6 Å². The summed E-state index contributed by atoms with van der Waals surface area (Å²) in [5.41, 5.74) is 3.45. The van der Waals surface area contributed by atoms with E-state index in [0.717, 1.165) is 17.7 Å². The Morgan fingerprint density at radius 3 is 2.51 bits per heavy atom. The van der Waals surface area contributed by atoms with Crippen LogP contribution < -0.4 is 24.6 Å². The summed E-state index contributed by atoms with van der Waals surface area (Å²) < 4.78 is 11.2. The maximum absolute atomic E-state index is 13.5. The van der Waals surface area contributed by atoms with Crippen LogP contribution in [0.5, 0.6) is 11.5 Å². The van der Waals surface area contributed by atoms with Crippen LogP contribution in [0.4, 0.5) is 11.4 Å². The Kier molecular flexibility index (Phi) is 6.60. The minimum absolute atomic E-state index is 0.00451. The predicted octanol–water partition coefficient (Wildman–Crippen LogP) is 4.65. The summed E-state index contributed by atoms with van der Waals surface area (Å²) in [4.78, 5) is 29.9. The molecule has 0 radical (unpaired) electrons. The van der Waals surface area contributed by atoms with Gasteiger partial charge in [0.1, 0.15) is 17.1 Å². The minimum Gasteiger partial charge on any atom is -0.496 e. The number of nitrogens with zero attached hydrogens (tertiary/aromatic N) is 2. The minimum atomic E-state index is -0.534. The first-order valence-electron chi connectivity index (χ1n) is 11.7. The Labute approximate surface area is 211 Å². The maximum Gasteiger partial charge on any atom is 0.270 e. The van der Waals surface area contributed by atoms with E-state index in [0.29, 0.717) is 35.3 Å². The summed E-state index contributed by atoms with van der Waals surface area (Å²) in [6.07, 6.45) is 2.57. The average molecular weight is 494 g/mol. The molecule has 2 aliphatic heterocycles. The standard InChI is InChI=1S/C27H31N3O4S/c1-7-34-19-10-8-18(9-11-19)30-25(32)21(24(31)28-26(30)35)13-17-12-20-16(2)15-27(3,4)29(5)22(20)14-23(17)33-6/h8-14,16H,7,15H2,1-6H3,(H,28,31,35)/b21-13-. The van der Waals surface area contributed by atoms with Gasteiger partial charge in [0.25, 0.3) is 11.8 Å². The number of hydrogen-bond donors (Lipinski definition) is 1. The number of thiocarbonyl (C=S) groups is 1. The Balaban J connectivity index is 1.75. The number of carbonyl (C=O) groups is 2. The van der Waals surface area contributed by atoms with E-state index < -0.39 is 11.8 Å². The molecule has 184 valence electrons. The number of nitrogens with one attached hydrogen (secondary N) is 1. The molecule has 0 bridgehead atoms. The Hall–Kier alpha value is -3.39. The number of anilines is 2. The van der Waals surface area contributed by atoms with Crippen molar-refractivity contribution in [1.29, 1.82) is 0 Å². The van der Waals surface area contributed by atoms with Crippen LogP contribution in [0.3, 0.4) is 0 Å². The van der Waals surface area contributed by atoms with E-state index in [2.05, 4.69) is 38.0 Å². The number of carbonyl (C=O) groups excluding carboxylic acids is 2. The van der Waals surface area contributed by atoms with Gasteiger partial charge in [-0.3, -0.25) is 19.8 Å². The first-order valence-corrected chi connectivity index (χ1v) is 12.1. The summed E-state index contributed by atoms with van der Waals surface area (Å²) in [5.74, 6) is 0.562. The van der Waals surface area contributed by atoms with Gasteiger partial charge < -0.3 is 14.4 Å². The van der Waals surface area contributed by atoms with Gasteiger partial charge in [-0.1, -0.05) is 6.92 Å². The fourth-order valence-corrected chi connectivity index (χ4v) is 5.09. The lowest BCUT2D eigenvalue weighted by Gasteiger charge is -2.45. The lowest BCUT2D eigenvalue weighted by molar-refractivity contribution is -0.122. The number of methoxy groups -OCH3 is 1. The van der Waals surface area contributed by atoms with Crippen molar-refractivity contribution in [3.63, 3.8) is 0 Å². The van der Waals surface area contributed by atoms with Gasteiger partial charge in [-0.05, 0) is 87.3 Å². The molecule has 1 unspecified atom stereocenters. The molecule has 8 heteroatoms. The van der Waals surface area contributed by atoms with E-state index in [-0.39, 0.29) is 16.2 Å². The molecule has 2 amide bonds. The van der Waals surface area contributed by atoms with Crippen molar-refractivity contribution in [3.05, 3.63) is 53.1 Å². The van der Waals surface area contributed by atoms with Crippen LogP contribution in [0.2, 0.25) is 0 Å². The molecule has 2 heterocycles. The van der Waals surface area contributed by atoms with Gasteiger partial charge in [0, 0.05) is 29.9 Å². The summed E-state index contributed by atoms with van der Waals surface area (Å²) >= 11 is 5.33. The molecule has 4 rings (SSSR count). The van der Waals surface area contributed by atoms with E-state index >= 15 is 0 Å². The molecule has 0 saturated carbocycles. The van der Waals surface area contributed by atoms with E-state index in [9.17, 15) is 9.59 Å². The molecule has 1 N–H and O–H groups in total. The second kappa shape index (κ2) is 9.34. The summed E-state index contributed by atoms with van der Waals surface area (Å²) in [5, 5.41) is 2.68. The fourth-order valence-electron chi connectivity index (χ4n) is 4.81. The zero-order valence-corrected chi connectivity index (χ0v) is 21.8. The van der Waals surface area contributed by atoms with Gasteiger partial charge in [-0.25, -0.2) is 0 Å². The zero-order chi connectivity index (χ0) is 25.5. The molecule has 2 aromatic rings. The third-order valence-corrected chi connectivity index (χ3v) is 7.08. The van der Waals surface area contributed by atoms with E-state index in [1.165, 1.54) is 4.90 Å². The number of rotatable bonds is 5. The second-order valence-electron chi connectivity index (χ2n) is 9.51. The fraction of sp³-hybridized carbons (Fsp3) is 0.370. The highest BCUT2D eigenvalue weighted by atomic mass is 32.1. The summed E-state index contributed by atoms with van der Waals surface area (Å²) in [7, 11) is 3.67. The van der Waals surface area contributed by atoms with Crippen molar-refractivity contribution in [3.8, 4) is 11.5 Å². The zero-order valence-electron chi connectivity index (χ0n) is 21.0. The predicted molar refractivity (Wildman–Crippen MR) is 142 cm³/mol. The first kappa shape index (κ1) is 24.7. The van der Waals surface area contributed by atoms with Crippen LogP contribution in [0, 0.1) is 0 Å². The van der Waals surface area contributed by atoms with Crippen LogP contribution in [0.15, 0.2) is 42.0 Å². The molecule has 0 spiro atoms. The van der Waals surface area contributed by atoms with Crippen LogP contribution in [-0.4, -0.2) is 43.2 Å². The van der Waals surface area contributed by atoms with Gasteiger partial charge in [0.15, 0.2) is 5.11 Å². The molecule has 1 saturated heterocycles. The molecular weight excluding hydrogens is 462 g/mol. The number of fused-ring (bicyclic) bond motifs is 1. The third kappa shape index (κ3) is 4.50. The van der Waals surface area contributed by atoms with Gasteiger partial charge in [0.2, 0.25) is 0 Å². The van der Waals surface area contributed by atoms with E-state index in [4.69, 9.17) is 21.7 Å². The van der Waals surface area contributed by atoms with Gasteiger partial charge in [-0.2, -0.15) is 0 Å². The first-order chi connectivity index (χ1) is 16.6. The summed E-state index contributed by atoms with van der Waals surface area (Å²) in [6, 6.07) is 11.0. The van der Waals surface area contributed by atoms with Gasteiger partial charge in [-0.15, -0.1) is 0 Å². The number of benzene rings is 2.